The standard InChI is InChI=1S/C18H21N3O5S/c1-12-7-8-16(26-3)15(9-12)21-17(22)11-20-18(23)13-5-4-6-14(10-13)27(24,25)19-2/h4-10,19H,11H2,1-3H3,(H,20,23)(H,21,22). The number of amides is 2. The van der Waals surface area contributed by atoms with Crippen LogP contribution in [0.4, 0.5) is 5.69 Å². The van der Waals surface area contributed by atoms with Crippen LogP contribution >= 0.6 is 0 Å². The fourth-order valence-electron chi connectivity index (χ4n) is 2.30. The maximum Gasteiger partial charge on any atom is 0.251 e. The Kier molecular flexibility index (Phi) is 6.54. The van der Waals surface area contributed by atoms with Gasteiger partial charge in [-0.2, -0.15) is 0 Å². The molecule has 2 aromatic carbocycles. The van der Waals surface area contributed by atoms with Gasteiger partial charge in [0.1, 0.15) is 5.75 Å². The lowest BCUT2D eigenvalue weighted by Gasteiger charge is -2.12. The molecule has 0 spiro atoms. The molecule has 2 amide bonds. The van der Waals surface area contributed by atoms with Gasteiger partial charge < -0.3 is 15.4 Å². The van der Waals surface area contributed by atoms with Gasteiger partial charge in [-0.1, -0.05) is 12.1 Å². The van der Waals surface area contributed by atoms with Crippen molar-refractivity contribution in [2.75, 3.05) is 26.0 Å². The Bertz CT molecular complexity index is 957. The van der Waals surface area contributed by atoms with Crippen LogP contribution in [0.2, 0.25) is 0 Å². The Hall–Kier alpha value is -2.91. The fourth-order valence-corrected chi connectivity index (χ4v) is 3.07. The van der Waals surface area contributed by atoms with Crippen molar-refractivity contribution in [3.8, 4) is 5.75 Å². The van der Waals surface area contributed by atoms with E-state index in [4.69, 9.17) is 4.74 Å². The second-order valence-electron chi connectivity index (χ2n) is 5.67. The summed E-state index contributed by atoms with van der Waals surface area (Å²) in [7, 11) is -0.883. The van der Waals surface area contributed by atoms with E-state index in [0.29, 0.717) is 11.4 Å². The summed E-state index contributed by atoms with van der Waals surface area (Å²) < 4.78 is 31.0. The minimum absolute atomic E-state index is 0.0356. The maximum absolute atomic E-state index is 12.2. The van der Waals surface area contributed by atoms with Gasteiger partial charge in [0.05, 0.1) is 24.2 Å². The number of hydrogen-bond donors (Lipinski definition) is 3. The number of anilines is 1. The van der Waals surface area contributed by atoms with E-state index in [0.717, 1.165) is 5.56 Å². The van der Waals surface area contributed by atoms with Gasteiger partial charge in [0, 0.05) is 5.56 Å². The summed E-state index contributed by atoms with van der Waals surface area (Å²) in [6, 6.07) is 10.9. The average molecular weight is 391 g/mol. The van der Waals surface area contributed by atoms with Gasteiger partial charge in [-0.05, 0) is 49.9 Å². The monoisotopic (exact) mass is 391 g/mol. The van der Waals surface area contributed by atoms with E-state index in [-0.39, 0.29) is 17.0 Å². The zero-order chi connectivity index (χ0) is 20.0. The molecule has 0 unspecified atom stereocenters. The summed E-state index contributed by atoms with van der Waals surface area (Å²) >= 11 is 0. The highest BCUT2D eigenvalue weighted by molar-refractivity contribution is 7.89. The van der Waals surface area contributed by atoms with E-state index in [2.05, 4.69) is 15.4 Å². The normalized spacial score (nSPS) is 10.9. The minimum atomic E-state index is -3.66. The fraction of sp³-hybridized carbons (Fsp3) is 0.222. The van der Waals surface area contributed by atoms with Gasteiger partial charge in [-0.25, -0.2) is 13.1 Å². The summed E-state index contributed by atoms with van der Waals surface area (Å²) in [5, 5.41) is 5.13. The van der Waals surface area contributed by atoms with Gasteiger partial charge in [-0.15, -0.1) is 0 Å². The van der Waals surface area contributed by atoms with E-state index in [1.807, 2.05) is 13.0 Å². The van der Waals surface area contributed by atoms with E-state index in [1.165, 1.54) is 38.4 Å². The van der Waals surface area contributed by atoms with E-state index < -0.39 is 21.8 Å². The molecule has 0 aliphatic rings. The van der Waals surface area contributed by atoms with Crippen LogP contribution in [0.3, 0.4) is 0 Å². The van der Waals surface area contributed by atoms with Crippen molar-refractivity contribution in [1.82, 2.24) is 10.0 Å². The molecule has 2 aromatic rings. The highest BCUT2D eigenvalue weighted by Gasteiger charge is 2.15. The van der Waals surface area contributed by atoms with E-state index in [1.54, 1.807) is 12.1 Å². The third-order valence-corrected chi connectivity index (χ3v) is 5.13. The Morgan fingerprint density at radius 2 is 1.85 bits per heavy atom. The SMILES string of the molecule is CNS(=O)(=O)c1cccc(C(=O)NCC(=O)Nc2cc(C)ccc2OC)c1. The summed E-state index contributed by atoms with van der Waals surface area (Å²) in [5.41, 5.74) is 1.57. The molecule has 0 heterocycles. The largest absolute Gasteiger partial charge is 0.495 e. The van der Waals surface area contributed by atoms with Crippen molar-refractivity contribution in [1.29, 1.82) is 0 Å². The van der Waals surface area contributed by atoms with Gasteiger partial charge in [0.15, 0.2) is 0 Å². The molecule has 0 fully saturated rings. The molecule has 0 atom stereocenters. The van der Waals surface area contributed by atoms with E-state index in [9.17, 15) is 18.0 Å². The number of carbonyl (C=O) groups is 2. The molecule has 9 heteroatoms. The predicted octanol–water partition coefficient (Wildman–Crippen LogP) is 1.28. The van der Waals surface area contributed by atoms with Crippen molar-refractivity contribution < 1.29 is 22.7 Å². The molecule has 0 saturated heterocycles. The molecule has 27 heavy (non-hydrogen) atoms. The number of methoxy groups -OCH3 is 1. The number of rotatable bonds is 7. The van der Waals surface area contributed by atoms with Gasteiger partial charge in [-0.3, -0.25) is 9.59 Å². The lowest BCUT2D eigenvalue weighted by molar-refractivity contribution is -0.115. The zero-order valence-corrected chi connectivity index (χ0v) is 16.0. The Morgan fingerprint density at radius 3 is 2.52 bits per heavy atom. The smallest absolute Gasteiger partial charge is 0.251 e. The summed E-state index contributed by atoms with van der Waals surface area (Å²) in [6.45, 7) is 1.60. The highest BCUT2D eigenvalue weighted by atomic mass is 32.2. The van der Waals surface area contributed by atoms with Crippen LogP contribution in [0.15, 0.2) is 47.4 Å². The van der Waals surface area contributed by atoms with Crippen LogP contribution in [0, 0.1) is 6.92 Å². The van der Waals surface area contributed by atoms with Gasteiger partial charge in [0.2, 0.25) is 15.9 Å². The lowest BCUT2D eigenvalue weighted by Crippen LogP contribution is -2.33. The molecule has 0 saturated carbocycles. The molecule has 0 aliphatic heterocycles. The van der Waals surface area contributed by atoms with Gasteiger partial charge >= 0.3 is 0 Å². The molecular weight excluding hydrogens is 370 g/mol. The first kappa shape index (κ1) is 20.4. The van der Waals surface area contributed by atoms with Crippen LogP contribution in [-0.4, -0.2) is 40.9 Å². The Morgan fingerprint density at radius 1 is 1.11 bits per heavy atom. The maximum atomic E-state index is 12.2. The molecule has 0 aromatic heterocycles. The first-order chi connectivity index (χ1) is 12.8. The number of hydrogen-bond acceptors (Lipinski definition) is 5. The predicted molar refractivity (Wildman–Crippen MR) is 101 cm³/mol. The second kappa shape index (κ2) is 8.65. The van der Waals surface area contributed by atoms with Crippen molar-refractivity contribution >= 4 is 27.5 Å². The molecule has 3 N–H and O–H groups in total. The van der Waals surface area contributed by atoms with Crippen LogP contribution < -0.4 is 20.1 Å². The lowest BCUT2D eigenvalue weighted by atomic mass is 10.2. The van der Waals surface area contributed by atoms with Crippen LogP contribution in [0.1, 0.15) is 15.9 Å². The van der Waals surface area contributed by atoms with Crippen molar-refractivity contribution in [2.45, 2.75) is 11.8 Å². The molecule has 2 rings (SSSR count). The number of ether oxygens (including phenoxy) is 1. The summed E-state index contributed by atoms with van der Waals surface area (Å²) in [6.07, 6.45) is 0. The molecular formula is C18H21N3O5S. The molecule has 0 aliphatic carbocycles. The highest BCUT2D eigenvalue weighted by Crippen LogP contribution is 2.24. The summed E-state index contributed by atoms with van der Waals surface area (Å²) in [5.74, 6) is -0.494. The van der Waals surface area contributed by atoms with Crippen LogP contribution in [-0.2, 0) is 14.8 Å². The topological polar surface area (TPSA) is 114 Å². The number of benzene rings is 2. The third-order valence-electron chi connectivity index (χ3n) is 3.71. The second-order valence-corrected chi connectivity index (χ2v) is 7.56. The van der Waals surface area contributed by atoms with Gasteiger partial charge in [0.25, 0.3) is 5.91 Å². The molecule has 0 bridgehead atoms. The van der Waals surface area contributed by atoms with Crippen molar-refractivity contribution in [3.63, 3.8) is 0 Å². The molecule has 0 radical (unpaired) electrons. The van der Waals surface area contributed by atoms with E-state index >= 15 is 0 Å². The number of nitrogens with one attached hydrogen (secondary N) is 3. The van der Waals surface area contributed by atoms with Crippen LogP contribution in [0.25, 0.3) is 0 Å². The molecule has 8 nitrogen and oxygen atoms in total. The number of aryl methyl sites for hydroxylation is 1. The van der Waals surface area contributed by atoms with Crippen molar-refractivity contribution in [3.05, 3.63) is 53.6 Å². The third kappa shape index (κ3) is 5.28. The zero-order valence-electron chi connectivity index (χ0n) is 15.2. The quantitative estimate of drug-likeness (QED) is 0.658. The Balaban J connectivity index is 2.03. The van der Waals surface area contributed by atoms with Crippen molar-refractivity contribution in [2.24, 2.45) is 0 Å². The minimum Gasteiger partial charge on any atom is -0.495 e. The first-order valence-corrected chi connectivity index (χ1v) is 9.51. The van der Waals surface area contributed by atoms with Crippen LogP contribution in [0.5, 0.6) is 5.75 Å². The average Bonchev–Trinajstić information content (AvgIpc) is 2.66. The summed E-state index contributed by atoms with van der Waals surface area (Å²) in [4.78, 5) is 24.3. The number of sulfonamides is 1. The first-order valence-electron chi connectivity index (χ1n) is 8.03. The Labute approximate surface area is 158 Å². The number of carbonyl (C=O) groups excluding carboxylic acids is 2. The molecule has 144 valence electrons.